The Morgan fingerprint density at radius 2 is 0.927 bits per heavy atom. The molecule has 4 heterocycles. The minimum absolute atomic E-state index is 0.0307. The number of primary amides is 1. The molecule has 0 aromatic carbocycles. The van der Waals surface area contributed by atoms with Crippen molar-refractivity contribution in [3.63, 3.8) is 0 Å². The highest BCUT2D eigenvalue weighted by Crippen LogP contribution is 2.31. The summed E-state index contributed by atoms with van der Waals surface area (Å²) in [5.74, 6) is -16.8. The molecule has 4 fully saturated rings. The Morgan fingerprint density at radius 1 is 0.482 bits per heavy atom. The molecule has 49 heteroatoms. The van der Waals surface area contributed by atoms with Gasteiger partial charge in [0.05, 0.1) is 13.2 Å². The first-order chi connectivity index (χ1) is 64.5. The Labute approximate surface area is 794 Å². The summed E-state index contributed by atoms with van der Waals surface area (Å²) in [4.78, 5) is 287. The zero-order valence-electron chi connectivity index (χ0n) is 80.7. The minimum atomic E-state index is -1.95. The molecule has 15 amide bonds. The number of unbranched alkanes of at least 4 members (excludes halogenated alkanes) is 3. The Kier molecular flexibility index (Phi) is 51.0. The zero-order valence-corrected chi connectivity index (χ0v) is 80.7. The van der Waals surface area contributed by atoms with E-state index in [0.717, 1.165) is 48.5 Å². The van der Waals surface area contributed by atoms with Crippen LogP contribution in [0, 0.1) is 11.8 Å². The largest absolute Gasteiger partial charge is 0.463 e. The van der Waals surface area contributed by atoms with Crippen molar-refractivity contribution in [3.8, 4) is 0 Å². The lowest BCUT2D eigenvalue weighted by atomic mass is 9.96. The van der Waals surface area contributed by atoms with E-state index < -0.39 is 278 Å². The van der Waals surface area contributed by atoms with E-state index in [2.05, 4.69) is 58.5 Å². The van der Waals surface area contributed by atoms with Crippen LogP contribution >= 0.6 is 0 Å². The van der Waals surface area contributed by atoms with Crippen LogP contribution in [0.15, 0.2) is 24.3 Å². The van der Waals surface area contributed by atoms with Crippen molar-refractivity contribution in [2.45, 2.75) is 322 Å². The summed E-state index contributed by atoms with van der Waals surface area (Å²) in [7, 11) is 0. The van der Waals surface area contributed by atoms with Crippen LogP contribution in [0.25, 0.3) is 0 Å². The van der Waals surface area contributed by atoms with Gasteiger partial charge in [-0.05, 0) is 142 Å². The number of alkyl carbamates (subject to hydrolysis) is 2. The maximum absolute atomic E-state index is 15.8. The lowest BCUT2D eigenvalue weighted by Gasteiger charge is -2.44. The number of hydrogen-bond donors (Lipinski definition) is 13. The maximum atomic E-state index is 15.8. The second-order valence-corrected chi connectivity index (χ2v) is 34.7. The van der Waals surface area contributed by atoms with Crippen molar-refractivity contribution < 1.29 is 162 Å². The van der Waals surface area contributed by atoms with Gasteiger partial charge in [0.2, 0.25) is 65.0 Å². The van der Waals surface area contributed by atoms with Crippen LogP contribution in [0.2, 0.25) is 0 Å². The van der Waals surface area contributed by atoms with Crippen LogP contribution < -0.4 is 70.0 Å². The molecule has 15 N–H and O–H groups in total. The third-order valence-electron chi connectivity index (χ3n) is 21.0. The number of imide groups is 1. The van der Waals surface area contributed by atoms with Crippen molar-refractivity contribution in [2.24, 2.45) is 23.3 Å². The van der Waals surface area contributed by atoms with Gasteiger partial charge in [0, 0.05) is 94.4 Å². The summed E-state index contributed by atoms with van der Waals surface area (Å²) in [6.07, 6.45) is -10.2. The molecule has 0 aromatic rings. The van der Waals surface area contributed by atoms with Crippen LogP contribution in [-0.4, -0.2) is 322 Å². The molecule has 4 saturated heterocycles. The molecule has 0 saturated carbocycles. The monoisotopic (exact) mass is 1950 g/mol. The first-order valence-electron chi connectivity index (χ1n) is 45.6. The second kappa shape index (κ2) is 59.7. The van der Waals surface area contributed by atoms with Gasteiger partial charge in [-0.15, -0.1) is 0 Å². The number of nitrogens with two attached hydrogens (primary N) is 2. The number of hydrogen-bond acceptors (Lipinski definition) is 35. The highest BCUT2D eigenvalue weighted by molar-refractivity contribution is 6.04. The number of rotatable bonds is 43. The van der Waals surface area contributed by atoms with Gasteiger partial charge in [-0.2, -0.15) is 0 Å². The standard InChI is InChI=1S/C88H139N15O34/c1-47(2)44-61-77(116)99-60(32-33-67(113)91-38-34-66(90)112)82(121)103(87(124)137-88(14,15)16)63(30-17-20-35-89)79(118)101-68(48(3)4)80(119)98-58(28-18-21-36-92-85(122)127-42-25-23-40-125-83-69(95-50(6)104)73(133-56(12)110)71(131-54(10)108)64(135-83)45-129-52(8)106)75(114)94-49(5)81(120)102-39-27-31-62(102)78(117)97-59(76(115)100-61)29-19-22-37-93-86(123)128-43-26-24-41-126-84-70(96-51(7)105)74(134-57(13)111)72(132-55(11)109)65(136-84)46-130-53(9)107/h23-26,47-49,58-65,68-74,83-84H,17-22,27-46,89H2,1-16H3,(H2,90,112)(H,91,113)(H,92,122)(H,93,123)(H,94,114)(H,95,104)(H,96,105)(H,97,117)(H,98,119)(H,99,116)(H,100,115)(H,101,118)/b25-23-,26-24-/t49-,58-,59+,60-,61-,62-,63-,64+,65+,68-,69+,70+,71+,72+,73+,74+,83+,84+/m0/s1. The molecular formula is C88H139N15O34. The van der Waals surface area contributed by atoms with Crippen molar-refractivity contribution in [1.29, 1.82) is 0 Å². The lowest BCUT2D eigenvalue weighted by molar-refractivity contribution is -0.275. The quantitative estimate of drug-likeness (QED) is 0.0149. The molecule has 137 heavy (non-hydrogen) atoms. The molecule has 0 radical (unpaired) electrons. The maximum Gasteiger partial charge on any atom is 0.417 e. The van der Waals surface area contributed by atoms with Gasteiger partial charge in [-0.3, -0.25) is 86.3 Å². The van der Waals surface area contributed by atoms with Gasteiger partial charge in [-0.25, -0.2) is 19.3 Å². The van der Waals surface area contributed by atoms with Gasteiger partial charge in [0.15, 0.2) is 37.0 Å². The Bertz CT molecular complexity index is 4200. The van der Waals surface area contributed by atoms with E-state index in [9.17, 15) is 76.7 Å². The summed E-state index contributed by atoms with van der Waals surface area (Å²) in [6, 6.07) is -15.4. The van der Waals surface area contributed by atoms with Crippen LogP contribution in [0.5, 0.6) is 0 Å². The Morgan fingerprint density at radius 3 is 1.37 bits per heavy atom. The van der Waals surface area contributed by atoms with Crippen LogP contribution in [-0.2, 0) is 148 Å². The number of fused-ring (bicyclic) bond motifs is 1. The van der Waals surface area contributed by atoms with E-state index in [1.165, 1.54) is 77.7 Å². The predicted octanol–water partition coefficient (Wildman–Crippen LogP) is -1.09. The topological polar surface area (TPSA) is 669 Å². The highest BCUT2D eigenvalue weighted by atomic mass is 16.7. The van der Waals surface area contributed by atoms with Crippen molar-refractivity contribution >= 4 is 125 Å². The number of esters is 6. The SMILES string of the molecule is CC(=O)N[C@H]1[C@H](OC/C=C\COC(=O)NCCCC[C@@H]2NC(=O)[C@H](C(C)C)NC(=O)[C@H](CCCCN)N(C(=O)OC(C)(C)C)C(=O)[C@H](CCC(=O)NCCC(N)=O)NC(=O)[C@H](CC(C)C)NC(=O)[C@@H](CCCCNC(=O)OC/C=C\CO[C@@H]3O[C@H](COC(C)=O)[C@@H](OC(C)=O)[C@H](OC(C)=O)[C@H]3NC(C)=O)NC(=O)[C@@H]3CCCN3C(=O)[C@H](C)NC2=O)O[C@H](COC(C)=O)[C@@H](OC(C)=O)[C@@H]1OC(C)=O. The fourth-order valence-electron chi connectivity index (χ4n) is 14.8. The van der Waals surface area contributed by atoms with E-state index in [1.54, 1.807) is 13.8 Å². The average molecular weight is 1950 g/mol. The highest BCUT2D eigenvalue weighted by Gasteiger charge is 2.54. The van der Waals surface area contributed by atoms with Crippen molar-refractivity contribution in [3.05, 3.63) is 24.3 Å². The molecule has 4 aliphatic rings. The Hall–Kier alpha value is -12.2. The smallest absolute Gasteiger partial charge is 0.417 e. The molecule has 0 spiro atoms. The summed E-state index contributed by atoms with van der Waals surface area (Å²) in [5, 5.41) is 28.9. The molecule has 770 valence electrons. The van der Waals surface area contributed by atoms with Crippen LogP contribution in [0.3, 0.4) is 0 Å². The molecule has 0 aromatic heterocycles. The number of nitrogens with one attached hydrogen (secondary N) is 11. The van der Waals surface area contributed by atoms with E-state index in [1.807, 2.05) is 0 Å². The zero-order chi connectivity index (χ0) is 103. The van der Waals surface area contributed by atoms with Crippen molar-refractivity contribution in [2.75, 3.05) is 72.4 Å². The molecule has 0 aliphatic carbocycles. The van der Waals surface area contributed by atoms with Gasteiger partial charge < -0.3 is 136 Å². The van der Waals surface area contributed by atoms with Gasteiger partial charge in [0.1, 0.15) is 105 Å². The number of carbonyl (C=O) groups is 21. The van der Waals surface area contributed by atoms with Gasteiger partial charge in [-0.1, -0.05) is 39.8 Å². The Balaban J connectivity index is 1.70. The van der Waals surface area contributed by atoms with Crippen LogP contribution in [0.1, 0.15) is 207 Å². The third kappa shape index (κ3) is 42.9. The molecule has 49 nitrogen and oxygen atoms in total. The summed E-state index contributed by atoms with van der Waals surface area (Å²) in [5.41, 5.74) is 9.90. The number of amides is 15. The fourth-order valence-corrected chi connectivity index (χ4v) is 14.8. The molecule has 4 aliphatic heterocycles. The number of carbonyl (C=O) groups excluding carboxylic acids is 21. The van der Waals surface area contributed by atoms with Gasteiger partial charge in [0.25, 0.3) is 5.91 Å². The van der Waals surface area contributed by atoms with Crippen molar-refractivity contribution in [1.82, 2.24) is 68.3 Å². The molecular weight excluding hydrogens is 1810 g/mol. The normalized spacial score (nSPS) is 25.0. The predicted molar refractivity (Wildman–Crippen MR) is 477 cm³/mol. The van der Waals surface area contributed by atoms with Gasteiger partial charge >= 0.3 is 54.1 Å². The number of nitrogens with zero attached hydrogens (tertiary/aromatic N) is 2. The van der Waals surface area contributed by atoms with Crippen LogP contribution in [0.4, 0.5) is 14.4 Å². The van der Waals surface area contributed by atoms with E-state index in [-0.39, 0.29) is 143 Å². The molecule has 18 atom stereocenters. The number of ether oxygens (including phenoxy) is 13. The first-order valence-corrected chi connectivity index (χ1v) is 45.6. The van der Waals surface area contributed by atoms with E-state index in [0.29, 0.717) is 4.90 Å². The fraction of sp³-hybridized carbons (Fsp3) is 0.716. The first kappa shape index (κ1) is 117. The summed E-state index contributed by atoms with van der Waals surface area (Å²) >= 11 is 0. The second-order valence-electron chi connectivity index (χ2n) is 34.7. The summed E-state index contributed by atoms with van der Waals surface area (Å²) in [6.45, 7) is 18.5. The van der Waals surface area contributed by atoms with E-state index >= 15 is 24.0 Å². The summed E-state index contributed by atoms with van der Waals surface area (Å²) < 4.78 is 72.4. The molecule has 0 bridgehead atoms. The lowest BCUT2D eigenvalue weighted by Crippen LogP contribution is -2.66. The average Bonchev–Trinajstić information content (AvgIpc) is 1.25. The minimum Gasteiger partial charge on any atom is -0.463 e. The third-order valence-corrected chi connectivity index (χ3v) is 21.0. The molecule has 0 unspecified atom stereocenters. The van der Waals surface area contributed by atoms with E-state index in [4.69, 9.17) is 73.0 Å². The molecule has 4 rings (SSSR count).